The zero-order valence-corrected chi connectivity index (χ0v) is 7.18. The van der Waals surface area contributed by atoms with Gasteiger partial charge in [-0.05, 0) is 0 Å². The van der Waals surface area contributed by atoms with E-state index in [9.17, 15) is 0 Å². The predicted octanol–water partition coefficient (Wildman–Crippen LogP) is 0.913. The Labute approximate surface area is 52.1 Å². The summed E-state index contributed by atoms with van der Waals surface area (Å²) in [5, 5.41) is 0. The van der Waals surface area contributed by atoms with Crippen LogP contribution < -0.4 is 0 Å². The van der Waals surface area contributed by atoms with E-state index in [2.05, 4.69) is 18.6 Å². The SMILES string of the molecule is [Co].[S]=[Sn]=[S]. The quantitative estimate of drug-likeness (QED) is 0.579. The molecule has 0 aliphatic rings. The molecule has 0 amide bonds. The van der Waals surface area contributed by atoms with Crippen LogP contribution in [0.25, 0.3) is 0 Å². The van der Waals surface area contributed by atoms with Crippen LogP contribution in [-0.2, 0) is 16.8 Å². The van der Waals surface area contributed by atoms with Gasteiger partial charge in [-0.3, -0.25) is 0 Å². The molecule has 0 aliphatic carbocycles. The van der Waals surface area contributed by atoms with E-state index in [1.54, 1.807) is 0 Å². The van der Waals surface area contributed by atoms with Crippen molar-refractivity contribution in [3.05, 3.63) is 0 Å². The minimum atomic E-state index is -0.603. The van der Waals surface area contributed by atoms with Crippen molar-refractivity contribution >= 4 is 35.8 Å². The van der Waals surface area contributed by atoms with Crippen molar-refractivity contribution in [2.45, 2.75) is 0 Å². The molecule has 0 bridgehead atoms. The Hall–Kier alpha value is 1.75. The van der Waals surface area contributed by atoms with Crippen LogP contribution in [0.2, 0.25) is 0 Å². The zero-order valence-electron chi connectivity index (χ0n) is 1.65. The van der Waals surface area contributed by atoms with Gasteiger partial charge in [-0.2, -0.15) is 0 Å². The van der Waals surface area contributed by atoms with Crippen LogP contribution in [0.15, 0.2) is 0 Å². The number of hydrogen-bond donors (Lipinski definition) is 0. The van der Waals surface area contributed by atoms with Crippen molar-refractivity contribution in [2.24, 2.45) is 0 Å². The molecule has 1 radical (unpaired) electrons. The average molecular weight is 242 g/mol. The Morgan fingerprint density at radius 3 is 1.25 bits per heavy atom. The van der Waals surface area contributed by atoms with Crippen LogP contribution >= 0.6 is 18.6 Å². The van der Waals surface area contributed by atoms with Gasteiger partial charge in [-0.1, -0.05) is 0 Å². The van der Waals surface area contributed by atoms with E-state index in [0.717, 1.165) is 0 Å². The van der Waals surface area contributed by atoms with Crippen molar-refractivity contribution in [1.82, 2.24) is 0 Å². The fraction of sp³-hybridized carbons (Fsp3) is 0. The fourth-order valence-electron chi connectivity index (χ4n) is 0. The van der Waals surface area contributed by atoms with Gasteiger partial charge < -0.3 is 0 Å². The van der Waals surface area contributed by atoms with Crippen LogP contribution in [0.1, 0.15) is 0 Å². The summed E-state index contributed by atoms with van der Waals surface area (Å²) in [6, 6.07) is 0. The van der Waals surface area contributed by atoms with Gasteiger partial charge in [0.1, 0.15) is 0 Å². The summed E-state index contributed by atoms with van der Waals surface area (Å²) in [4.78, 5) is 0. The first-order valence-corrected chi connectivity index (χ1v) is 8.22. The molecular formula is CoS2Sn. The Kier molecular flexibility index (Phi) is 20.4. The summed E-state index contributed by atoms with van der Waals surface area (Å²) in [5.74, 6) is 0. The number of hydrogen-bond acceptors (Lipinski definition) is 2. The molecule has 0 unspecified atom stereocenters. The molecule has 25 valence electrons. The second kappa shape index (κ2) is 8.83. The third-order valence-corrected chi connectivity index (χ3v) is 0. The first kappa shape index (κ1) is 9.22. The minimum absolute atomic E-state index is 0. The second-order valence-corrected chi connectivity index (χ2v) is 5.03. The van der Waals surface area contributed by atoms with Crippen molar-refractivity contribution in [3.63, 3.8) is 0 Å². The normalized spacial score (nSPS) is 2.00. The summed E-state index contributed by atoms with van der Waals surface area (Å²) in [5.41, 5.74) is 0. The molecule has 4 heavy (non-hydrogen) atoms. The van der Waals surface area contributed by atoms with Gasteiger partial charge in [-0.25, -0.2) is 0 Å². The zero-order chi connectivity index (χ0) is 2.71. The summed E-state index contributed by atoms with van der Waals surface area (Å²) < 4.78 is 0. The van der Waals surface area contributed by atoms with Gasteiger partial charge in [0.05, 0.1) is 0 Å². The van der Waals surface area contributed by atoms with E-state index < -0.39 is 17.3 Å². The van der Waals surface area contributed by atoms with E-state index in [0.29, 0.717) is 0 Å². The first-order valence-electron chi connectivity index (χ1n) is 0.408. The summed E-state index contributed by atoms with van der Waals surface area (Å²) >= 11 is -0.603. The molecule has 0 heterocycles. The van der Waals surface area contributed by atoms with Crippen LogP contribution in [0.5, 0.6) is 0 Å². The first-order chi connectivity index (χ1) is 1.41. The molecule has 0 aromatic carbocycles. The molecule has 0 atom stereocenters. The summed E-state index contributed by atoms with van der Waals surface area (Å²) in [6.07, 6.45) is 0. The molecule has 0 spiro atoms. The monoisotopic (exact) mass is 243 g/mol. The Balaban J connectivity index is 0. The van der Waals surface area contributed by atoms with Crippen molar-refractivity contribution in [1.29, 1.82) is 0 Å². The van der Waals surface area contributed by atoms with E-state index in [4.69, 9.17) is 0 Å². The van der Waals surface area contributed by atoms with E-state index >= 15 is 0 Å². The third-order valence-electron chi connectivity index (χ3n) is 0. The maximum atomic E-state index is 4.38. The maximum absolute atomic E-state index is 4.38. The van der Waals surface area contributed by atoms with E-state index in [1.165, 1.54) is 0 Å². The average Bonchev–Trinajstić information content (AvgIpc) is 0.918. The molecule has 4 heteroatoms. The molecule has 0 N–H and O–H groups in total. The molecule has 0 aromatic heterocycles. The van der Waals surface area contributed by atoms with Crippen LogP contribution in [0, 0.1) is 0 Å². The van der Waals surface area contributed by atoms with Crippen LogP contribution in [0.3, 0.4) is 0 Å². The molecule has 0 rings (SSSR count). The van der Waals surface area contributed by atoms with Crippen LogP contribution in [0.4, 0.5) is 0 Å². The molecule has 0 saturated heterocycles. The topological polar surface area (TPSA) is 0 Å². The molecule has 0 saturated carbocycles. The molecule has 0 aromatic rings. The third kappa shape index (κ3) is 9.27. The molecule has 0 nitrogen and oxygen atoms in total. The Morgan fingerprint density at radius 1 is 1.25 bits per heavy atom. The Morgan fingerprint density at radius 2 is 1.25 bits per heavy atom. The molecule has 0 fully saturated rings. The van der Waals surface area contributed by atoms with Gasteiger partial charge in [-0.15, -0.1) is 0 Å². The van der Waals surface area contributed by atoms with E-state index in [1.807, 2.05) is 0 Å². The van der Waals surface area contributed by atoms with Gasteiger partial charge in [0.2, 0.25) is 0 Å². The van der Waals surface area contributed by atoms with E-state index in [-0.39, 0.29) is 16.8 Å². The van der Waals surface area contributed by atoms with Gasteiger partial charge in [0.15, 0.2) is 0 Å². The molecular weight excluding hydrogens is 242 g/mol. The standard InChI is InChI=1S/Co.2S.Sn. The second-order valence-electron chi connectivity index (χ2n) is 0.0833. The van der Waals surface area contributed by atoms with Crippen molar-refractivity contribution < 1.29 is 16.8 Å². The van der Waals surface area contributed by atoms with Crippen LogP contribution in [-0.4, -0.2) is 17.3 Å². The summed E-state index contributed by atoms with van der Waals surface area (Å²) in [7, 11) is 8.76. The molecule has 0 aliphatic heterocycles. The van der Waals surface area contributed by atoms with Crippen molar-refractivity contribution in [2.75, 3.05) is 0 Å². The predicted molar refractivity (Wildman–Crippen MR) is 20.9 cm³/mol. The van der Waals surface area contributed by atoms with Gasteiger partial charge in [0.25, 0.3) is 0 Å². The van der Waals surface area contributed by atoms with Gasteiger partial charge >= 0.3 is 35.8 Å². The van der Waals surface area contributed by atoms with Crippen molar-refractivity contribution in [3.8, 4) is 0 Å². The Bertz CT molecular complexity index is 27.0. The summed E-state index contributed by atoms with van der Waals surface area (Å²) in [6.45, 7) is 0. The number of rotatable bonds is 0. The van der Waals surface area contributed by atoms with Gasteiger partial charge in [0, 0.05) is 16.8 Å². The fourth-order valence-corrected chi connectivity index (χ4v) is 0.